The maximum absolute atomic E-state index is 11.2. The minimum Gasteiger partial charge on any atom is -0.376 e. The molecule has 1 saturated heterocycles. The number of benzene rings is 1. The summed E-state index contributed by atoms with van der Waals surface area (Å²) in [7, 11) is 0. The summed E-state index contributed by atoms with van der Waals surface area (Å²) in [6, 6.07) is 10.5. The highest BCUT2D eigenvalue weighted by molar-refractivity contribution is 7.99. The molecule has 140 valence electrons. The zero-order valence-corrected chi connectivity index (χ0v) is 16.0. The first-order valence-electron chi connectivity index (χ1n) is 9.21. The number of aromatic nitrogens is 3. The smallest absolute Gasteiger partial charge is 0.217 e. The van der Waals surface area contributed by atoms with Crippen molar-refractivity contribution in [1.82, 2.24) is 14.8 Å². The van der Waals surface area contributed by atoms with Gasteiger partial charge in [0.1, 0.15) is 5.82 Å². The van der Waals surface area contributed by atoms with Gasteiger partial charge in [-0.05, 0) is 24.8 Å². The fourth-order valence-corrected chi connectivity index (χ4v) is 4.29. The Bertz CT molecular complexity index is 714. The van der Waals surface area contributed by atoms with Crippen LogP contribution in [0.1, 0.15) is 49.2 Å². The van der Waals surface area contributed by atoms with Gasteiger partial charge < -0.3 is 15.0 Å². The van der Waals surface area contributed by atoms with Crippen molar-refractivity contribution in [2.24, 2.45) is 5.73 Å². The fourth-order valence-electron chi connectivity index (χ4n) is 3.18. The van der Waals surface area contributed by atoms with Crippen molar-refractivity contribution in [2.75, 3.05) is 6.61 Å². The number of carbonyl (C=O) groups is 1. The number of hydrogen-bond donors (Lipinski definition) is 1. The van der Waals surface area contributed by atoms with Gasteiger partial charge in [-0.2, -0.15) is 0 Å². The fraction of sp³-hybridized carbons (Fsp3) is 0.526. The Morgan fingerprint density at radius 3 is 2.85 bits per heavy atom. The molecule has 0 spiro atoms. The summed E-state index contributed by atoms with van der Waals surface area (Å²) in [6.45, 7) is 3.72. The third kappa shape index (κ3) is 4.86. The number of amides is 1. The van der Waals surface area contributed by atoms with Crippen molar-refractivity contribution in [3.05, 3.63) is 41.7 Å². The van der Waals surface area contributed by atoms with Gasteiger partial charge in [-0.15, -0.1) is 10.2 Å². The van der Waals surface area contributed by atoms with E-state index in [9.17, 15) is 4.79 Å². The second kappa shape index (κ2) is 9.19. The molecular weight excluding hydrogens is 348 g/mol. The van der Waals surface area contributed by atoms with E-state index in [4.69, 9.17) is 10.5 Å². The van der Waals surface area contributed by atoms with E-state index in [1.807, 2.05) is 6.07 Å². The Labute approximate surface area is 158 Å². The molecule has 1 aromatic heterocycles. The normalized spacial score (nSPS) is 18.1. The number of primary amides is 1. The minimum absolute atomic E-state index is 0.189. The van der Waals surface area contributed by atoms with Crippen LogP contribution in [0.3, 0.4) is 0 Å². The molecule has 0 bridgehead atoms. The topological polar surface area (TPSA) is 83.0 Å². The maximum atomic E-state index is 11.2. The molecule has 0 radical (unpaired) electrons. The first-order valence-corrected chi connectivity index (χ1v) is 10.1. The number of carbonyl (C=O) groups excluding carboxylic acids is 1. The van der Waals surface area contributed by atoms with Crippen LogP contribution < -0.4 is 5.73 Å². The summed E-state index contributed by atoms with van der Waals surface area (Å²) >= 11 is 1.72. The van der Waals surface area contributed by atoms with Crippen LogP contribution in [0.2, 0.25) is 0 Å². The largest absolute Gasteiger partial charge is 0.376 e. The summed E-state index contributed by atoms with van der Waals surface area (Å²) in [5.74, 6) is 0.492. The summed E-state index contributed by atoms with van der Waals surface area (Å²) in [5.41, 5.74) is 6.60. The number of hydrogen-bond acceptors (Lipinski definition) is 5. The van der Waals surface area contributed by atoms with E-state index >= 15 is 0 Å². The molecule has 1 aromatic carbocycles. The van der Waals surface area contributed by atoms with Gasteiger partial charge in [0.2, 0.25) is 5.91 Å². The van der Waals surface area contributed by atoms with Crippen LogP contribution >= 0.6 is 11.8 Å². The average molecular weight is 375 g/mol. The Balaban J connectivity index is 1.81. The molecule has 1 aliphatic rings. The quantitative estimate of drug-likeness (QED) is 0.682. The molecule has 2 atom stereocenters. The molecule has 1 amide bonds. The number of nitrogens with two attached hydrogens (primary N) is 1. The monoisotopic (exact) mass is 374 g/mol. The van der Waals surface area contributed by atoms with Gasteiger partial charge in [-0.3, -0.25) is 4.79 Å². The highest BCUT2D eigenvalue weighted by atomic mass is 32.2. The van der Waals surface area contributed by atoms with Crippen molar-refractivity contribution in [2.45, 2.75) is 62.1 Å². The molecule has 7 heteroatoms. The lowest BCUT2D eigenvalue weighted by Gasteiger charge is -2.18. The predicted molar refractivity (Wildman–Crippen MR) is 102 cm³/mol. The third-order valence-electron chi connectivity index (χ3n) is 4.59. The lowest BCUT2D eigenvalue weighted by Crippen LogP contribution is -2.19. The molecule has 3 rings (SSSR count). The van der Waals surface area contributed by atoms with Crippen LogP contribution in [-0.4, -0.2) is 33.4 Å². The van der Waals surface area contributed by atoms with Crippen LogP contribution in [0.4, 0.5) is 0 Å². The van der Waals surface area contributed by atoms with E-state index in [-0.39, 0.29) is 18.4 Å². The van der Waals surface area contributed by atoms with Gasteiger partial charge in [0.05, 0.1) is 12.6 Å². The molecule has 26 heavy (non-hydrogen) atoms. The molecule has 1 aliphatic heterocycles. The van der Waals surface area contributed by atoms with Gasteiger partial charge in [0.15, 0.2) is 5.16 Å². The zero-order chi connectivity index (χ0) is 18.4. The number of rotatable bonds is 9. The Morgan fingerprint density at radius 1 is 1.38 bits per heavy atom. The molecule has 2 unspecified atom stereocenters. The Hall–Kier alpha value is -1.86. The van der Waals surface area contributed by atoms with E-state index in [2.05, 4.69) is 46.0 Å². The van der Waals surface area contributed by atoms with Crippen molar-refractivity contribution in [3.63, 3.8) is 0 Å². The number of ether oxygens (including phenoxy) is 1. The summed E-state index contributed by atoms with van der Waals surface area (Å²) in [6.07, 6.45) is 4.12. The highest BCUT2D eigenvalue weighted by Crippen LogP contribution is 2.37. The molecule has 6 nitrogen and oxygen atoms in total. The van der Waals surface area contributed by atoms with Crippen LogP contribution in [0.5, 0.6) is 0 Å². The lowest BCUT2D eigenvalue weighted by molar-refractivity contribution is -0.118. The molecule has 1 fully saturated rings. The van der Waals surface area contributed by atoms with Crippen LogP contribution in [0.25, 0.3) is 0 Å². The van der Waals surface area contributed by atoms with Crippen LogP contribution in [0, 0.1) is 0 Å². The van der Waals surface area contributed by atoms with Gasteiger partial charge in [0.25, 0.3) is 0 Å². The van der Waals surface area contributed by atoms with Gasteiger partial charge in [-0.1, -0.05) is 49.0 Å². The van der Waals surface area contributed by atoms with Gasteiger partial charge in [0, 0.05) is 24.7 Å². The van der Waals surface area contributed by atoms with Crippen LogP contribution in [-0.2, 0) is 22.5 Å². The van der Waals surface area contributed by atoms with E-state index < -0.39 is 0 Å². The van der Waals surface area contributed by atoms with E-state index in [0.29, 0.717) is 11.7 Å². The summed E-state index contributed by atoms with van der Waals surface area (Å²) in [4.78, 5) is 11.2. The van der Waals surface area contributed by atoms with Crippen LogP contribution in [0.15, 0.2) is 35.5 Å². The molecule has 0 saturated carbocycles. The van der Waals surface area contributed by atoms with Gasteiger partial charge in [-0.25, -0.2) is 0 Å². The first kappa shape index (κ1) is 18.9. The van der Waals surface area contributed by atoms with E-state index in [0.717, 1.165) is 43.4 Å². The molecule has 0 aliphatic carbocycles. The highest BCUT2D eigenvalue weighted by Gasteiger charge is 2.23. The van der Waals surface area contributed by atoms with Crippen molar-refractivity contribution >= 4 is 17.7 Å². The predicted octanol–water partition coefficient (Wildman–Crippen LogP) is 3.12. The zero-order valence-electron chi connectivity index (χ0n) is 15.1. The van der Waals surface area contributed by atoms with Gasteiger partial charge >= 0.3 is 0 Å². The summed E-state index contributed by atoms with van der Waals surface area (Å²) in [5, 5.41) is 9.96. The Morgan fingerprint density at radius 2 is 2.19 bits per heavy atom. The van der Waals surface area contributed by atoms with E-state index in [1.165, 1.54) is 5.56 Å². The molecule has 2 N–H and O–H groups in total. The average Bonchev–Trinajstić information content (AvgIpc) is 3.29. The SMILES string of the molecule is CCC(Sc1nnc(CCC(N)=O)n1CC1CCCO1)c1ccccc1. The standard InChI is InChI=1S/C19H26N4O2S/c1-2-16(14-7-4-3-5-8-14)26-19-22-21-18(11-10-17(20)24)23(19)13-15-9-6-12-25-15/h3-5,7-8,15-16H,2,6,9-13H2,1H3,(H2,20,24). The second-order valence-corrected chi connectivity index (χ2v) is 7.71. The van der Waals surface area contributed by atoms with Crippen molar-refractivity contribution in [3.8, 4) is 0 Å². The third-order valence-corrected chi connectivity index (χ3v) is 5.99. The second-order valence-electron chi connectivity index (χ2n) is 6.54. The summed E-state index contributed by atoms with van der Waals surface area (Å²) < 4.78 is 7.92. The number of thioether (sulfide) groups is 1. The maximum Gasteiger partial charge on any atom is 0.217 e. The van der Waals surface area contributed by atoms with E-state index in [1.54, 1.807) is 11.8 Å². The minimum atomic E-state index is -0.318. The van der Waals surface area contributed by atoms with Crippen molar-refractivity contribution < 1.29 is 9.53 Å². The van der Waals surface area contributed by atoms with Crippen molar-refractivity contribution in [1.29, 1.82) is 0 Å². The first-order chi connectivity index (χ1) is 12.7. The lowest BCUT2D eigenvalue weighted by atomic mass is 10.1. The molecule has 2 aromatic rings. The molecule has 2 heterocycles. The Kier molecular flexibility index (Phi) is 6.68. The number of nitrogens with zero attached hydrogens (tertiary/aromatic N) is 3. The molecular formula is C19H26N4O2S. The number of aryl methyl sites for hydroxylation is 1.